The summed E-state index contributed by atoms with van der Waals surface area (Å²) in [6, 6.07) is 4.01. The summed E-state index contributed by atoms with van der Waals surface area (Å²) in [4.78, 5) is 26.3. The molecule has 4 aromatic heterocycles. The molecular weight excluding hydrogens is 691 g/mol. The van der Waals surface area contributed by atoms with Crippen molar-refractivity contribution in [3.05, 3.63) is 67.0 Å². The number of fused-ring (bicyclic) bond motifs is 7. The van der Waals surface area contributed by atoms with Gasteiger partial charge in [0.15, 0.2) is 0 Å². The molecular formula is C34H36Cl2N6O4S2. The van der Waals surface area contributed by atoms with E-state index in [2.05, 4.69) is 30.2 Å². The minimum absolute atomic E-state index is 0.220. The zero-order valence-electron chi connectivity index (χ0n) is 27.2. The fraction of sp³-hybridized carbons (Fsp3) is 0.441. The molecule has 252 valence electrons. The number of methoxy groups -OCH3 is 4. The minimum atomic E-state index is -0.272. The summed E-state index contributed by atoms with van der Waals surface area (Å²) >= 11 is 16.1. The molecule has 0 radical (unpaired) electrons. The molecule has 2 atom stereocenters. The molecule has 48 heavy (non-hydrogen) atoms. The van der Waals surface area contributed by atoms with Crippen LogP contribution < -0.4 is 5.32 Å². The van der Waals surface area contributed by atoms with E-state index in [4.69, 9.17) is 42.1 Å². The number of nitrogens with zero attached hydrogens (tertiary/aromatic N) is 5. The van der Waals surface area contributed by atoms with Crippen LogP contribution in [0.1, 0.15) is 44.8 Å². The summed E-state index contributed by atoms with van der Waals surface area (Å²) in [5.74, 6) is 0.793. The van der Waals surface area contributed by atoms with Gasteiger partial charge >= 0.3 is 0 Å². The quantitative estimate of drug-likeness (QED) is 0.163. The topological polar surface area (TPSA) is 113 Å². The highest BCUT2D eigenvalue weighted by atomic mass is 35.5. The normalized spacial score (nSPS) is 21.1. The van der Waals surface area contributed by atoms with Gasteiger partial charge in [-0.15, -0.1) is 22.7 Å². The summed E-state index contributed by atoms with van der Waals surface area (Å²) in [5, 5.41) is 6.77. The van der Waals surface area contributed by atoms with E-state index in [1.807, 2.05) is 18.3 Å². The van der Waals surface area contributed by atoms with Gasteiger partial charge in [0, 0.05) is 57.2 Å². The average Bonchev–Trinajstić information content (AvgIpc) is 3.80. The number of thiophene rings is 2. The van der Waals surface area contributed by atoms with Crippen molar-refractivity contribution < 1.29 is 18.9 Å². The smallest absolute Gasteiger partial charge is 0.142 e. The number of hydrogen-bond acceptors (Lipinski definition) is 12. The van der Waals surface area contributed by atoms with Crippen LogP contribution in [0.2, 0.25) is 10.2 Å². The van der Waals surface area contributed by atoms with E-state index in [9.17, 15) is 0 Å². The second-order valence-corrected chi connectivity index (χ2v) is 15.3. The number of halogens is 2. The average molecular weight is 728 g/mol. The predicted molar refractivity (Wildman–Crippen MR) is 193 cm³/mol. The van der Waals surface area contributed by atoms with Crippen LogP contribution in [0, 0.1) is 0 Å². The summed E-state index contributed by atoms with van der Waals surface area (Å²) < 4.78 is 22.3. The molecule has 2 aliphatic carbocycles. The van der Waals surface area contributed by atoms with Gasteiger partial charge in [0.1, 0.15) is 33.3 Å². The lowest BCUT2D eigenvalue weighted by molar-refractivity contribution is -0.0715. The van der Waals surface area contributed by atoms with Crippen molar-refractivity contribution in [3.8, 4) is 0 Å². The number of rotatable bonds is 8. The highest BCUT2D eigenvalue weighted by Gasteiger charge is 2.38. The number of aromatic nitrogens is 4. The number of ether oxygens (including phenoxy) is 4. The SMILES string of the molecule is COCC1(OC)CCc2c(sc3ncnc(Cl)c23)C1.COCC1(OC)CCc2c(sc3ncnc(Nc4cc5c(cc4Cl)CN=C5)c23)C1. The Morgan fingerprint density at radius 1 is 0.792 bits per heavy atom. The molecule has 3 aliphatic rings. The Bertz CT molecular complexity index is 2020. The predicted octanol–water partition coefficient (Wildman–Crippen LogP) is 7.41. The lowest BCUT2D eigenvalue weighted by Crippen LogP contribution is -2.41. The number of nitrogens with one attached hydrogen (secondary N) is 1. The Kier molecular flexibility index (Phi) is 9.71. The summed E-state index contributed by atoms with van der Waals surface area (Å²) in [6.45, 7) is 1.88. The van der Waals surface area contributed by atoms with Crippen molar-refractivity contribution in [1.29, 1.82) is 0 Å². The third-order valence-electron chi connectivity index (χ3n) is 9.58. The Hall–Kier alpha value is -2.81. The lowest BCUT2D eigenvalue weighted by atomic mass is 9.84. The molecule has 10 nitrogen and oxygen atoms in total. The van der Waals surface area contributed by atoms with E-state index in [0.29, 0.717) is 29.9 Å². The highest BCUT2D eigenvalue weighted by Crippen LogP contribution is 2.44. The first-order valence-corrected chi connectivity index (χ1v) is 18.0. The van der Waals surface area contributed by atoms with Crippen molar-refractivity contribution in [2.24, 2.45) is 4.99 Å². The van der Waals surface area contributed by atoms with Crippen molar-refractivity contribution in [2.75, 3.05) is 47.0 Å². The second-order valence-electron chi connectivity index (χ2n) is 12.4. The summed E-state index contributed by atoms with van der Waals surface area (Å²) in [7, 11) is 6.96. The molecule has 2 unspecified atom stereocenters. The van der Waals surface area contributed by atoms with E-state index in [-0.39, 0.29) is 11.2 Å². The van der Waals surface area contributed by atoms with Gasteiger partial charge in [0.2, 0.25) is 0 Å². The van der Waals surface area contributed by atoms with E-state index in [1.165, 1.54) is 27.2 Å². The van der Waals surface area contributed by atoms with Crippen LogP contribution in [0.3, 0.4) is 0 Å². The van der Waals surface area contributed by atoms with E-state index >= 15 is 0 Å². The van der Waals surface area contributed by atoms with Crippen molar-refractivity contribution >= 4 is 84.0 Å². The van der Waals surface area contributed by atoms with Crippen molar-refractivity contribution in [3.63, 3.8) is 0 Å². The van der Waals surface area contributed by atoms with Gasteiger partial charge in [-0.05, 0) is 60.1 Å². The molecule has 0 spiro atoms. The van der Waals surface area contributed by atoms with Gasteiger partial charge in [-0.2, -0.15) is 0 Å². The zero-order valence-corrected chi connectivity index (χ0v) is 30.3. The molecule has 1 N–H and O–H groups in total. The maximum Gasteiger partial charge on any atom is 0.142 e. The van der Waals surface area contributed by atoms with Crippen LogP contribution in [-0.4, -0.2) is 79.0 Å². The molecule has 0 amide bonds. The standard InChI is InChI=1S/C21H21ClN4O2S.C13H15ClN2O2S/c1-27-10-21(28-2)4-3-14-17(7-21)29-20-18(14)19(24-11-25-20)26-16-6-13-9-23-8-12(13)5-15(16)22;1-17-6-13(18-2)4-3-8-9(5-13)19-12-10(8)11(14)15-7-16-12/h5-6,9,11H,3-4,7-8,10H2,1-2H3,(H,24,25,26);7H,3-6H2,1-2H3. The molecule has 1 aliphatic heterocycles. The van der Waals surface area contributed by atoms with Crippen LogP contribution in [0.15, 0.2) is 29.8 Å². The molecule has 8 rings (SSSR count). The molecule has 0 bridgehead atoms. The number of hydrogen-bond donors (Lipinski definition) is 1. The lowest BCUT2D eigenvalue weighted by Gasteiger charge is -2.35. The largest absolute Gasteiger partial charge is 0.382 e. The third-order valence-corrected chi connectivity index (χ3v) is 12.5. The van der Waals surface area contributed by atoms with Gasteiger partial charge in [-0.3, -0.25) is 4.99 Å². The van der Waals surface area contributed by atoms with Crippen LogP contribution >= 0.6 is 45.9 Å². The molecule has 0 fully saturated rings. The monoisotopic (exact) mass is 726 g/mol. The number of anilines is 2. The fourth-order valence-corrected chi connectivity index (χ4v) is 10.2. The minimum Gasteiger partial charge on any atom is -0.382 e. The number of aliphatic imine (C=N–C) groups is 1. The van der Waals surface area contributed by atoms with Gasteiger partial charge in [0.25, 0.3) is 0 Å². The Labute approximate surface area is 296 Å². The van der Waals surface area contributed by atoms with Gasteiger partial charge in [-0.25, -0.2) is 19.9 Å². The molecule has 5 aromatic rings. The molecule has 14 heteroatoms. The first kappa shape index (κ1) is 33.7. The Morgan fingerprint density at radius 3 is 2.02 bits per heavy atom. The third kappa shape index (κ3) is 6.22. The van der Waals surface area contributed by atoms with E-state index in [1.54, 1.807) is 57.4 Å². The first-order valence-electron chi connectivity index (χ1n) is 15.6. The summed E-state index contributed by atoms with van der Waals surface area (Å²) in [5.41, 5.74) is 5.18. The Morgan fingerprint density at radius 2 is 1.40 bits per heavy atom. The van der Waals surface area contributed by atoms with Crippen molar-refractivity contribution in [1.82, 2.24) is 19.9 Å². The van der Waals surface area contributed by atoms with Crippen LogP contribution in [0.25, 0.3) is 20.4 Å². The van der Waals surface area contributed by atoms with Gasteiger partial charge in [-0.1, -0.05) is 23.2 Å². The van der Waals surface area contributed by atoms with Crippen LogP contribution in [0.5, 0.6) is 0 Å². The maximum absolute atomic E-state index is 6.53. The first-order chi connectivity index (χ1) is 23.3. The fourth-order valence-electron chi connectivity index (χ4n) is 7.00. The maximum atomic E-state index is 6.53. The number of aryl methyl sites for hydroxylation is 2. The zero-order chi connectivity index (χ0) is 33.5. The molecule has 0 saturated heterocycles. The van der Waals surface area contributed by atoms with Crippen LogP contribution in [0.4, 0.5) is 11.5 Å². The van der Waals surface area contributed by atoms with Crippen molar-refractivity contribution in [2.45, 2.75) is 56.3 Å². The Balaban J connectivity index is 0.000000166. The molecule has 0 saturated carbocycles. The van der Waals surface area contributed by atoms with E-state index < -0.39 is 0 Å². The molecule has 5 heterocycles. The van der Waals surface area contributed by atoms with Gasteiger partial charge < -0.3 is 24.3 Å². The van der Waals surface area contributed by atoms with Gasteiger partial charge in [0.05, 0.1) is 52.4 Å². The second kappa shape index (κ2) is 13.8. The van der Waals surface area contributed by atoms with Crippen LogP contribution in [-0.2, 0) is 51.2 Å². The highest BCUT2D eigenvalue weighted by molar-refractivity contribution is 7.19. The number of benzene rings is 1. The molecule has 1 aromatic carbocycles. The van der Waals surface area contributed by atoms with E-state index in [0.717, 1.165) is 81.6 Å². The summed E-state index contributed by atoms with van der Waals surface area (Å²) in [6.07, 6.45) is 10.4.